The summed E-state index contributed by atoms with van der Waals surface area (Å²) >= 11 is 0. The molecule has 0 fully saturated rings. The van der Waals surface area contributed by atoms with E-state index in [-0.39, 0.29) is 0 Å². The van der Waals surface area contributed by atoms with Gasteiger partial charge in [0, 0.05) is 32.8 Å². The summed E-state index contributed by atoms with van der Waals surface area (Å²) in [5, 5.41) is 6.46. The molecule has 0 amide bonds. The van der Waals surface area contributed by atoms with E-state index in [4.69, 9.17) is 19.4 Å². The highest BCUT2D eigenvalue weighted by molar-refractivity contribution is 6.19. The maximum absolute atomic E-state index is 6.52. The molecule has 2 aromatic heterocycles. The van der Waals surface area contributed by atoms with Gasteiger partial charge in [0.2, 0.25) is 0 Å². The van der Waals surface area contributed by atoms with Gasteiger partial charge in [-0.2, -0.15) is 0 Å². The van der Waals surface area contributed by atoms with Crippen molar-refractivity contribution in [2.75, 3.05) is 0 Å². The predicted octanol–water partition coefficient (Wildman–Crippen LogP) is 10.7. The van der Waals surface area contributed by atoms with E-state index in [0.717, 1.165) is 65.9 Å². The molecule has 0 aliphatic carbocycles. The van der Waals surface area contributed by atoms with E-state index in [1.165, 1.54) is 5.39 Å². The Morgan fingerprint density at radius 3 is 1.80 bits per heavy atom. The Labute approximate surface area is 259 Å². The summed E-state index contributed by atoms with van der Waals surface area (Å²) in [4.78, 5) is 15.3. The molecule has 0 saturated carbocycles. The average molecular weight is 576 g/mol. The van der Waals surface area contributed by atoms with Crippen molar-refractivity contribution in [2.45, 2.75) is 0 Å². The number of fused-ring (bicyclic) bond motifs is 6. The van der Waals surface area contributed by atoms with Gasteiger partial charge in [0.25, 0.3) is 0 Å². The van der Waals surface area contributed by atoms with Crippen LogP contribution in [-0.4, -0.2) is 15.0 Å². The molecule has 9 rings (SSSR count). The zero-order valence-corrected chi connectivity index (χ0v) is 24.2. The van der Waals surface area contributed by atoms with E-state index >= 15 is 0 Å². The maximum atomic E-state index is 6.52. The topological polar surface area (TPSA) is 51.8 Å². The molecule has 7 aromatic carbocycles. The van der Waals surface area contributed by atoms with E-state index in [1.807, 2.05) is 48.5 Å². The molecule has 0 aliphatic rings. The predicted molar refractivity (Wildman–Crippen MR) is 184 cm³/mol. The maximum Gasteiger partial charge on any atom is 0.164 e. The minimum Gasteiger partial charge on any atom is -0.455 e. The standard InChI is InChI=1S/C41H25N3O/c1-3-11-26(12-4-1)30-21-22-32-34(24-30)38-35(33-17-9-10-18-37(33)45-38)25-36(32)41-43-39(28-14-5-2-6-15-28)42-40(44-41)31-20-19-27-13-7-8-16-29(27)23-31/h1-25H. The Balaban J connectivity index is 1.35. The summed E-state index contributed by atoms with van der Waals surface area (Å²) in [6.45, 7) is 0. The number of nitrogens with zero attached hydrogens (tertiary/aromatic N) is 3. The summed E-state index contributed by atoms with van der Waals surface area (Å²) in [6, 6.07) is 52.2. The number of hydrogen-bond donors (Lipinski definition) is 0. The minimum atomic E-state index is 0.622. The first-order valence-corrected chi connectivity index (χ1v) is 15.0. The molecule has 4 heteroatoms. The van der Waals surface area contributed by atoms with E-state index in [0.29, 0.717) is 17.5 Å². The van der Waals surface area contributed by atoms with Gasteiger partial charge in [0.1, 0.15) is 11.2 Å². The van der Waals surface area contributed by atoms with Crippen LogP contribution in [-0.2, 0) is 0 Å². The number of furan rings is 1. The van der Waals surface area contributed by atoms with Gasteiger partial charge in [0.05, 0.1) is 0 Å². The van der Waals surface area contributed by atoms with Gasteiger partial charge in [0.15, 0.2) is 17.5 Å². The van der Waals surface area contributed by atoms with Gasteiger partial charge in [-0.1, -0.05) is 127 Å². The minimum absolute atomic E-state index is 0.622. The normalized spacial score (nSPS) is 11.6. The van der Waals surface area contributed by atoms with Gasteiger partial charge < -0.3 is 4.42 Å². The number of hydrogen-bond acceptors (Lipinski definition) is 4. The van der Waals surface area contributed by atoms with Gasteiger partial charge in [-0.25, -0.2) is 15.0 Å². The summed E-state index contributed by atoms with van der Waals surface area (Å²) < 4.78 is 6.52. The summed E-state index contributed by atoms with van der Waals surface area (Å²) in [5.74, 6) is 1.89. The van der Waals surface area contributed by atoms with E-state index < -0.39 is 0 Å². The first-order valence-electron chi connectivity index (χ1n) is 15.0. The van der Waals surface area contributed by atoms with Crippen molar-refractivity contribution in [3.63, 3.8) is 0 Å². The molecular weight excluding hydrogens is 550 g/mol. The zero-order chi connectivity index (χ0) is 29.7. The molecule has 0 unspecified atom stereocenters. The Bertz CT molecular complexity index is 2540. The van der Waals surface area contributed by atoms with Crippen LogP contribution in [0.15, 0.2) is 156 Å². The summed E-state index contributed by atoms with van der Waals surface area (Å²) in [6.07, 6.45) is 0. The molecule has 45 heavy (non-hydrogen) atoms. The van der Waals surface area contributed by atoms with Crippen LogP contribution in [0.1, 0.15) is 0 Å². The zero-order valence-electron chi connectivity index (χ0n) is 24.2. The summed E-state index contributed by atoms with van der Waals surface area (Å²) in [5.41, 5.74) is 6.81. The molecule has 0 N–H and O–H groups in total. The van der Waals surface area contributed by atoms with Crippen LogP contribution in [0.5, 0.6) is 0 Å². The molecule has 0 bridgehead atoms. The smallest absolute Gasteiger partial charge is 0.164 e. The first kappa shape index (κ1) is 25.4. The van der Waals surface area contributed by atoms with E-state index in [2.05, 4.69) is 103 Å². The molecular formula is C41H25N3O. The molecule has 2 heterocycles. The van der Waals surface area contributed by atoms with Crippen molar-refractivity contribution in [1.82, 2.24) is 15.0 Å². The number of para-hydroxylation sites is 1. The SMILES string of the molecule is c1ccc(-c2ccc3c(-c4nc(-c5ccccc5)nc(-c5ccc6ccccc6c5)n4)cc4c5ccccc5oc4c3c2)cc1. The van der Waals surface area contributed by atoms with Crippen molar-refractivity contribution in [2.24, 2.45) is 0 Å². The molecule has 210 valence electrons. The average Bonchev–Trinajstić information content (AvgIpc) is 3.50. The lowest BCUT2D eigenvalue weighted by Crippen LogP contribution is -2.00. The van der Waals surface area contributed by atoms with Crippen molar-refractivity contribution in [3.05, 3.63) is 152 Å². The van der Waals surface area contributed by atoms with Gasteiger partial charge >= 0.3 is 0 Å². The second-order valence-corrected chi connectivity index (χ2v) is 11.3. The highest BCUT2D eigenvalue weighted by Gasteiger charge is 2.19. The Hall–Kier alpha value is -6.13. The lowest BCUT2D eigenvalue weighted by molar-refractivity contribution is 0.672. The molecule has 0 aliphatic heterocycles. The Morgan fingerprint density at radius 2 is 0.978 bits per heavy atom. The Morgan fingerprint density at radius 1 is 0.356 bits per heavy atom. The number of aromatic nitrogens is 3. The monoisotopic (exact) mass is 575 g/mol. The third-order valence-electron chi connectivity index (χ3n) is 8.50. The third kappa shape index (κ3) is 4.35. The van der Waals surface area contributed by atoms with Crippen LogP contribution in [0.2, 0.25) is 0 Å². The molecule has 0 atom stereocenters. The van der Waals surface area contributed by atoms with Crippen LogP contribution in [0.3, 0.4) is 0 Å². The largest absolute Gasteiger partial charge is 0.455 e. The second kappa shape index (κ2) is 10.2. The summed E-state index contributed by atoms with van der Waals surface area (Å²) in [7, 11) is 0. The van der Waals surface area contributed by atoms with Crippen molar-refractivity contribution in [1.29, 1.82) is 0 Å². The van der Waals surface area contributed by atoms with Gasteiger partial charge in [-0.15, -0.1) is 0 Å². The highest BCUT2D eigenvalue weighted by atomic mass is 16.3. The number of rotatable bonds is 4. The fourth-order valence-corrected chi connectivity index (χ4v) is 6.26. The quantitative estimate of drug-likeness (QED) is 0.209. The molecule has 9 aromatic rings. The van der Waals surface area contributed by atoms with Crippen LogP contribution < -0.4 is 0 Å². The van der Waals surface area contributed by atoms with E-state index in [9.17, 15) is 0 Å². The third-order valence-corrected chi connectivity index (χ3v) is 8.50. The van der Waals surface area contributed by atoms with Gasteiger partial charge in [-0.05, 0) is 51.6 Å². The Kier molecular flexibility index (Phi) is 5.78. The fraction of sp³-hybridized carbons (Fsp3) is 0. The second-order valence-electron chi connectivity index (χ2n) is 11.3. The molecule has 0 radical (unpaired) electrons. The van der Waals surface area contributed by atoms with Crippen molar-refractivity contribution < 1.29 is 4.42 Å². The molecule has 0 spiro atoms. The van der Waals surface area contributed by atoms with Crippen LogP contribution >= 0.6 is 0 Å². The fourth-order valence-electron chi connectivity index (χ4n) is 6.26. The van der Waals surface area contributed by atoms with Crippen LogP contribution in [0.25, 0.3) is 88.8 Å². The van der Waals surface area contributed by atoms with Gasteiger partial charge in [-0.3, -0.25) is 0 Å². The highest BCUT2D eigenvalue weighted by Crippen LogP contribution is 2.41. The molecule has 4 nitrogen and oxygen atoms in total. The lowest BCUT2D eigenvalue weighted by atomic mass is 9.95. The first-order chi connectivity index (χ1) is 22.3. The number of benzene rings is 7. The lowest BCUT2D eigenvalue weighted by Gasteiger charge is -2.12. The van der Waals surface area contributed by atoms with Crippen LogP contribution in [0, 0.1) is 0 Å². The molecule has 0 saturated heterocycles. The van der Waals surface area contributed by atoms with Crippen LogP contribution in [0.4, 0.5) is 0 Å². The van der Waals surface area contributed by atoms with E-state index in [1.54, 1.807) is 0 Å². The van der Waals surface area contributed by atoms with Crippen molar-refractivity contribution in [3.8, 4) is 45.3 Å². The van der Waals surface area contributed by atoms with Crippen molar-refractivity contribution >= 4 is 43.5 Å².